The largest absolute Gasteiger partial charge is 0.598 e. The fourth-order valence-electron chi connectivity index (χ4n) is 4.13. The zero-order chi connectivity index (χ0) is 24.7. The summed E-state index contributed by atoms with van der Waals surface area (Å²) in [5.41, 5.74) is 1.64. The SMILES string of the molecule is Cc1cc([C@@H](C)N[S@+]([O-])C(C)(C)C)c2cc(N3CCN(CC(F)(F)F)CC3)n(C)c(=O)c2c1. The number of benzene rings is 1. The van der Waals surface area contributed by atoms with Crippen LogP contribution in [0.3, 0.4) is 0 Å². The summed E-state index contributed by atoms with van der Waals surface area (Å²) in [6.45, 7) is 9.94. The van der Waals surface area contributed by atoms with Gasteiger partial charge in [0, 0.05) is 50.0 Å². The number of piperazine rings is 1. The van der Waals surface area contributed by atoms with Gasteiger partial charge in [0.05, 0.1) is 12.6 Å². The maximum absolute atomic E-state index is 13.2. The fraction of sp³-hybridized carbons (Fsp3) is 0.609. The van der Waals surface area contributed by atoms with Crippen molar-refractivity contribution in [1.29, 1.82) is 0 Å². The molecule has 6 nitrogen and oxygen atoms in total. The Hall–Kier alpha value is -1.75. The van der Waals surface area contributed by atoms with Gasteiger partial charge in [-0.05, 0) is 63.3 Å². The molecule has 2 aromatic rings. The van der Waals surface area contributed by atoms with Gasteiger partial charge in [-0.2, -0.15) is 13.2 Å². The summed E-state index contributed by atoms with van der Waals surface area (Å²) in [6.07, 6.45) is -4.22. The molecule has 184 valence electrons. The lowest BCUT2D eigenvalue weighted by Crippen LogP contribution is -2.50. The van der Waals surface area contributed by atoms with Crippen LogP contribution in [0.25, 0.3) is 10.8 Å². The molecule has 0 spiro atoms. The molecule has 0 bridgehead atoms. The van der Waals surface area contributed by atoms with E-state index in [4.69, 9.17) is 0 Å². The van der Waals surface area contributed by atoms with E-state index >= 15 is 0 Å². The van der Waals surface area contributed by atoms with Crippen LogP contribution < -0.4 is 15.2 Å². The summed E-state index contributed by atoms with van der Waals surface area (Å²) in [5.74, 6) is 0.674. The first kappa shape index (κ1) is 25.9. The van der Waals surface area contributed by atoms with Gasteiger partial charge >= 0.3 is 6.18 Å². The Labute approximate surface area is 196 Å². The van der Waals surface area contributed by atoms with Crippen LogP contribution in [0.1, 0.15) is 44.9 Å². The summed E-state index contributed by atoms with van der Waals surface area (Å²) in [5, 5.41) is 1.34. The summed E-state index contributed by atoms with van der Waals surface area (Å²) in [6, 6.07) is 5.50. The van der Waals surface area contributed by atoms with Gasteiger partial charge in [-0.3, -0.25) is 14.3 Å². The Morgan fingerprint density at radius 2 is 1.70 bits per heavy atom. The molecule has 1 aromatic heterocycles. The second-order valence-electron chi connectivity index (χ2n) is 9.78. The van der Waals surface area contributed by atoms with E-state index in [1.807, 2.05) is 57.7 Å². The van der Waals surface area contributed by atoms with Gasteiger partial charge in [-0.25, -0.2) is 0 Å². The zero-order valence-corrected chi connectivity index (χ0v) is 20.9. The topological polar surface area (TPSA) is 63.6 Å². The summed E-state index contributed by atoms with van der Waals surface area (Å²) in [7, 11) is 1.69. The number of aromatic nitrogens is 1. The summed E-state index contributed by atoms with van der Waals surface area (Å²) in [4.78, 5) is 16.6. The number of nitrogens with one attached hydrogen (secondary N) is 1. The summed E-state index contributed by atoms with van der Waals surface area (Å²) >= 11 is -1.29. The lowest BCUT2D eigenvalue weighted by atomic mass is 9.98. The van der Waals surface area contributed by atoms with Crippen molar-refractivity contribution >= 4 is 28.0 Å². The van der Waals surface area contributed by atoms with Crippen LogP contribution in [0.5, 0.6) is 0 Å². The average molecular weight is 487 g/mol. The highest BCUT2D eigenvalue weighted by atomic mass is 32.2. The third-order valence-corrected chi connectivity index (χ3v) is 7.59. The van der Waals surface area contributed by atoms with Crippen molar-refractivity contribution in [2.24, 2.45) is 7.05 Å². The minimum absolute atomic E-state index is 0.158. The van der Waals surface area contributed by atoms with Crippen molar-refractivity contribution in [3.63, 3.8) is 0 Å². The highest BCUT2D eigenvalue weighted by Crippen LogP contribution is 2.30. The standard InChI is InChI=1S/C23H33F3N4O2S/c1-15-11-17(16(2)27-33(32)22(3,4)5)18-13-20(28(6)21(31)19(18)12-15)30-9-7-29(8-10-30)14-23(24,25)26/h11-13,16,27H,7-10,14H2,1-6H3/t16-,33-/m1/s1. The van der Waals surface area contributed by atoms with Gasteiger partial charge in [0.1, 0.15) is 10.6 Å². The molecule has 1 aliphatic rings. The van der Waals surface area contributed by atoms with E-state index in [1.54, 1.807) is 11.6 Å². The van der Waals surface area contributed by atoms with Gasteiger partial charge in [0.2, 0.25) is 0 Å². The first-order valence-electron chi connectivity index (χ1n) is 11.0. The van der Waals surface area contributed by atoms with Crippen LogP contribution in [-0.2, 0) is 18.4 Å². The number of alkyl halides is 3. The van der Waals surface area contributed by atoms with Gasteiger partial charge in [0.15, 0.2) is 0 Å². The molecule has 0 aliphatic carbocycles. The van der Waals surface area contributed by atoms with Crippen LogP contribution in [0.4, 0.5) is 19.0 Å². The predicted molar refractivity (Wildman–Crippen MR) is 128 cm³/mol. The Morgan fingerprint density at radius 1 is 1.09 bits per heavy atom. The Balaban J connectivity index is 1.97. The van der Waals surface area contributed by atoms with Crippen LogP contribution >= 0.6 is 0 Å². The Bertz CT molecular complexity index is 1060. The smallest absolute Gasteiger partial charge is 0.401 e. The second kappa shape index (κ2) is 9.48. The number of halogens is 3. The molecule has 1 fully saturated rings. The van der Waals surface area contributed by atoms with E-state index in [0.717, 1.165) is 16.5 Å². The fourth-order valence-corrected chi connectivity index (χ4v) is 4.93. The number of anilines is 1. The number of nitrogens with zero attached hydrogens (tertiary/aromatic N) is 3. The Kier molecular flexibility index (Phi) is 7.43. The van der Waals surface area contributed by atoms with Gasteiger partial charge in [-0.1, -0.05) is 6.07 Å². The van der Waals surface area contributed by atoms with Crippen molar-refractivity contribution in [2.45, 2.75) is 51.6 Å². The normalized spacial score (nSPS) is 18.1. The molecule has 0 radical (unpaired) electrons. The molecule has 2 heterocycles. The maximum atomic E-state index is 13.2. The first-order chi connectivity index (χ1) is 15.2. The molecule has 3 rings (SSSR count). The number of hydrogen-bond donors (Lipinski definition) is 1. The van der Waals surface area contributed by atoms with E-state index in [-0.39, 0.29) is 24.7 Å². The van der Waals surface area contributed by atoms with Crippen LogP contribution in [-0.4, -0.2) is 57.7 Å². The van der Waals surface area contributed by atoms with Gasteiger partial charge in [-0.15, -0.1) is 4.72 Å². The quantitative estimate of drug-likeness (QED) is 0.654. The number of rotatable bonds is 5. The van der Waals surface area contributed by atoms with Crippen molar-refractivity contribution in [1.82, 2.24) is 14.2 Å². The number of hydrogen-bond acceptors (Lipinski definition) is 5. The van der Waals surface area contributed by atoms with Crippen LogP contribution in [0, 0.1) is 6.92 Å². The lowest BCUT2D eigenvalue weighted by molar-refractivity contribution is -0.146. The molecular formula is C23H33F3N4O2S. The van der Waals surface area contributed by atoms with Crippen molar-refractivity contribution in [3.05, 3.63) is 39.7 Å². The molecule has 10 heteroatoms. The van der Waals surface area contributed by atoms with Crippen LogP contribution in [0.2, 0.25) is 0 Å². The maximum Gasteiger partial charge on any atom is 0.401 e. The average Bonchev–Trinajstić information content (AvgIpc) is 2.69. The highest BCUT2D eigenvalue weighted by molar-refractivity contribution is 7.90. The van der Waals surface area contributed by atoms with Crippen molar-refractivity contribution < 1.29 is 17.7 Å². The number of aryl methyl sites for hydroxylation is 1. The van der Waals surface area contributed by atoms with Crippen LogP contribution in [0.15, 0.2) is 23.0 Å². The molecule has 1 aromatic carbocycles. The molecule has 2 atom stereocenters. The number of pyridine rings is 1. The third-order valence-electron chi connectivity index (χ3n) is 5.91. The lowest BCUT2D eigenvalue weighted by Gasteiger charge is -2.37. The molecule has 33 heavy (non-hydrogen) atoms. The highest BCUT2D eigenvalue weighted by Gasteiger charge is 2.33. The van der Waals surface area contributed by atoms with Crippen molar-refractivity contribution in [3.8, 4) is 0 Å². The minimum Gasteiger partial charge on any atom is -0.598 e. The van der Waals surface area contributed by atoms with Gasteiger partial charge in [0.25, 0.3) is 5.56 Å². The zero-order valence-electron chi connectivity index (χ0n) is 20.0. The molecule has 0 saturated carbocycles. The van der Waals surface area contributed by atoms with E-state index in [9.17, 15) is 22.5 Å². The van der Waals surface area contributed by atoms with Gasteiger partial charge < -0.3 is 9.45 Å². The molecule has 0 unspecified atom stereocenters. The molecule has 1 N–H and O–H groups in total. The summed E-state index contributed by atoms with van der Waals surface area (Å²) < 4.78 is 55.2. The first-order valence-corrected chi connectivity index (χ1v) is 12.2. The molecule has 1 saturated heterocycles. The van der Waals surface area contributed by atoms with E-state index in [2.05, 4.69) is 4.72 Å². The Morgan fingerprint density at radius 3 is 2.24 bits per heavy atom. The molecule has 0 amide bonds. The van der Waals surface area contributed by atoms with E-state index in [1.165, 1.54) is 4.90 Å². The minimum atomic E-state index is -4.22. The second-order valence-corrected chi connectivity index (χ2v) is 11.8. The third kappa shape index (κ3) is 6.03. The predicted octanol–water partition coefficient (Wildman–Crippen LogP) is 3.64. The monoisotopic (exact) mass is 486 g/mol. The van der Waals surface area contributed by atoms with Crippen molar-refractivity contribution in [2.75, 3.05) is 37.6 Å². The molecular weight excluding hydrogens is 453 g/mol. The molecule has 1 aliphatic heterocycles. The van der Waals surface area contributed by atoms with E-state index in [0.29, 0.717) is 24.3 Å². The van der Waals surface area contributed by atoms with E-state index < -0.39 is 28.8 Å². The number of fused-ring (bicyclic) bond motifs is 1.